The molecule has 7 nitrogen and oxygen atoms in total. The van der Waals surface area contributed by atoms with Crippen molar-refractivity contribution in [2.75, 3.05) is 11.2 Å². The first-order valence-corrected chi connectivity index (χ1v) is 10.5. The van der Waals surface area contributed by atoms with E-state index in [1.807, 2.05) is 13.8 Å². The molecule has 0 aliphatic carbocycles. The lowest BCUT2D eigenvalue weighted by atomic mass is 10.1. The van der Waals surface area contributed by atoms with Gasteiger partial charge in [-0.05, 0) is 37.1 Å². The average Bonchev–Trinajstić information content (AvgIpc) is 3.00. The minimum absolute atomic E-state index is 0.0926. The van der Waals surface area contributed by atoms with Gasteiger partial charge in [0, 0.05) is 17.8 Å². The number of sulfone groups is 1. The van der Waals surface area contributed by atoms with Crippen LogP contribution < -0.4 is 21.9 Å². The fraction of sp³-hybridized carbons (Fsp3) is 0.235. The standard InChI is InChI=1S/C17H18F2N4O3S2/c1-8-9(2)22-23-16-12(8)13(20)14(27-16)15(24)21-7-10-3-5-11(6-4-10)28(25,26)17(18)19/h3-6,17,22-23H,7,20H2,1-2H3,(H,21,24). The zero-order valence-electron chi connectivity index (χ0n) is 15.0. The van der Waals surface area contributed by atoms with E-state index in [0.717, 1.165) is 34.0 Å². The van der Waals surface area contributed by atoms with Crippen LogP contribution in [0.15, 0.2) is 34.9 Å². The second kappa shape index (κ2) is 7.40. The number of anilines is 2. The van der Waals surface area contributed by atoms with Crippen LogP contribution in [0, 0.1) is 0 Å². The van der Waals surface area contributed by atoms with Gasteiger partial charge in [0.2, 0.25) is 9.84 Å². The third kappa shape index (κ3) is 3.54. The summed E-state index contributed by atoms with van der Waals surface area (Å²) in [6, 6.07) is 4.93. The summed E-state index contributed by atoms with van der Waals surface area (Å²) in [5.74, 6) is -3.86. The maximum Gasteiger partial charge on any atom is 0.341 e. The van der Waals surface area contributed by atoms with Crippen LogP contribution >= 0.6 is 11.3 Å². The van der Waals surface area contributed by atoms with E-state index in [4.69, 9.17) is 5.73 Å². The fourth-order valence-corrected chi connectivity index (χ4v) is 4.44. The normalized spacial score (nSPS) is 13.8. The van der Waals surface area contributed by atoms with Gasteiger partial charge in [-0.15, -0.1) is 11.3 Å². The number of nitrogens with two attached hydrogens (primary N) is 1. The number of hydrogen-bond donors (Lipinski definition) is 4. The monoisotopic (exact) mass is 428 g/mol. The van der Waals surface area contributed by atoms with E-state index in [1.54, 1.807) is 0 Å². The number of halogens is 2. The Labute approximate surface area is 164 Å². The van der Waals surface area contributed by atoms with Crippen molar-refractivity contribution in [3.05, 3.63) is 46.0 Å². The summed E-state index contributed by atoms with van der Waals surface area (Å²) < 4.78 is 48.0. The van der Waals surface area contributed by atoms with Crippen LogP contribution in [-0.2, 0) is 16.4 Å². The van der Waals surface area contributed by atoms with Gasteiger partial charge in [0.1, 0.15) is 9.88 Å². The van der Waals surface area contributed by atoms with Crippen molar-refractivity contribution in [3.63, 3.8) is 0 Å². The minimum Gasteiger partial charge on any atom is -0.397 e. The predicted molar refractivity (Wildman–Crippen MR) is 105 cm³/mol. The molecule has 1 aromatic heterocycles. The lowest BCUT2D eigenvalue weighted by Gasteiger charge is -2.19. The first-order valence-electron chi connectivity index (χ1n) is 8.14. The summed E-state index contributed by atoms with van der Waals surface area (Å²) >= 11 is 1.21. The Morgan fingerprint density at radius 2 is 1.86 bits per heavy atom. The van der Waals surface area contributed by atoms with E-state index in [9.17, 15) is 22.0 Å². The molecule has 5 N–H and O–H groups in total. The van der Waals surface area contributed by atoms with Crippen LogP contribution in [0.3, 0.4) is 0 Å². The second-order valence-corrected chi connectivity index (χ2v) is 9.12. The lowest BCUT2D eigenvalue weighted by Crippen LogP contribution is -2.24. The van der Waals surface area contributed by atoms with Gasteiger partial charge in [-0.2, -0.15) is 8.78 Å². The summed E-state index contributed by atoms with van der Waals surface area (Å²) in [5, 5.41) is 3.44. The number of hydrogen-bond acceptors (Lipinski definition) is 7. The fourth-order valence-electron chi connectivity index (χ4n) is 2.67. The molecule has 0 radical (unpaired) electrons. The number of nitrogens with one attached hydrogen (secondary N) is 3. The van der Waals surface area contributed by atoms with Gasteiger partial charge in [0.05, 0.1) is 10.6 Å². The Kier molecular flexibility index (Phi) is 5.31. The number of thiophene rings is 1. The molecule has 2 heterocycles. The molecule has 0 saturated carbocycles. The van der Waals surface area contributed by atoms with Crippen molar-refractivity contribution in [1.29, 1.82) is 0 Å². The summed E-state index contributed by atoms with van der Waals surface area (Å²) in [4.78, 5) is 12.4. The number of rotatable bonds is 5. The Morgan fingerprint density at radius 1 is 1.21 bits per heavy atom. The van der Waals surface area contributed by atoms with Gasteiger partial charge < -0.3 is 16.5 Å². The number of benzene rings is 1. The van der Waals surface area contributed by atoms with E-state index >= 15 is 0 Å². The predicted octanol–water partition coefficient (Wildman–Crippen LogP) is 2.94. The third-order valence-corrected chi connectivity index (χ3v) is 6.91. The number of alkyl halides is 2. The molecule has 0 atom stereocenters. The Bertz CT molecular complexity index is 1060. The molecule has 3 rings (SSSR count). The molecule has 0 fully saturated rings. The average molecular weight is 428 g/mol. The summed E-state index contributed by atoms with van der Waals surface area (Å²) in [6.45, 7) is 3.89. The van der Waals surface area contributed by atoms with Gasteiger partial charge in [-0.25, -0.2) is 8.42 Å². The number of amides is 1. The highest BCUT2D eigenvalue weighted by Gasteiger charge is 2.27. The number of allylic oxidation sites excluding steroid dienone is 2. The smallest absolute Gasteiger partial charge is 0.341 e. The first-order chi connectivity index (χ1) is 13.1. The molecule has 28 heavy (non-hydrogen) atoms. The first kappa shape index (κ1) is 20.1. The molecule has 0 bridgehead atoms. The van der Waals surface area contributed by atoms with Gasteiger partial charge in [-0.1, -0.05) is 12.1 Å². The molecular weight excluding hydrogens is 410 g/mol. The van der Waals surface area contributed by atoms with E-state index in [2.05, 4.69) is 16.2 Å². The van der Waals surface area contributed by atoms with Crippen LogP contribution in [-0.4, -0.2) is 20.1 Å². The largest absolute Gasteiger partial charge is 0.397 e. The van der Waals surface area contributed by atoms with Crippen LogP contribution in [0.1, 0.15) is 34.6 Å². The molecular formula is C17H18F2N4O3S2. The Morgan fingerprint density at radius 3 is 2.46 bits per heavy atom. The molecule has 1 aliphatic rings. The zero-order valence-corrected chi connectivity index (χ0v) is 16.6. The van der Waals surface area contributed by atoms with Gasteiger partial charge in [0.15, 0.2) is 0 Å². The number of carbonyl (C=O) groups excluding carboxylic acids is 1. The molecule has 1 aromatic carbocycles. The molecule has 0 spiro atoms. The lowest BCUT2D eigenvalue weighted by molar-refractivity contribution is 0.0955. The molecule has 150 valence electrons. The van der Waals surface area contributed by atoms with Crippen LogP contribution in [0.5, 0.6) is 0 Å². The molecule has 1 aliphatic heterocycles. The molecule has 11 heteroatoms. The van der Waals surface area contributed by atoms with Crippen LogP contribution in [0.4, 0.5) is 19.5 Å². The Balaban J connectivity index is 1.73. The van der Waals surface area contributed by atoms with Crippen molar-refractivity contribution < 1.29 is 22.0 Å². The number of carbonyl (C=O) groups is 1. The van der Waals surface area contributed by atoms with Crippen molar-refractivity contribution >= 4 is 43.3 Å². The number of nitrogen functional groups attached to an aromatic ring is 1. The highest BCUT2D eigenvalue weighted by molar-refractivity contribution is 7.91. The maximum atomic E-state index is 12.6. The quantitative estimate of drug-likeness (QED) is 0.582. The van der Waals surface area contributed by atoms with Crippen molar-refractivity contribution in [2.45, 2.75) is 31.0 Å². The highest BCUT2D eigenvalue weighted by atomic mass is 32.2. The number of fused-ring (bicyclic) bond motifs is 1. The van der Waals surface area contributed by atoms with E-state index in [0.29, 0.717) is 16.1 Å². The third-order valence-electron chi connectivity index (χ3n) is 4.39. The summed E-state index contributed by atoms with van der Waals surface area (Å²) in [7, 11) is -4.64. The van der Waals surface area contributed by atoms with Crippen molar-refractivity contribution in [3.8, 4) is 0 Å². The number of hydrazine groups is 1. The van der Waals surface area contributed by atoms with Crippen LogP contribution in [0.2, 0.25) is 0 Å². The molecule has 1 amide bonds. The SMILES string of the molecule is CC1=C(C)c2c(sc(C(=O)NCc3ccc(S(=O)(=O)C(F)F)cc3)c2N)NN1. The minimum atomic E-state index is -4.64. The molecule has 0 saturated heterocycles. The van der Waals surface area contributed by atoms with Gasteiger partial charge in [-0.3, -0.25) is 10.2 Å². The summed E-state index contributed by atoms with van der Waals surface area (Å²) in [5.41, 5.74) is 15.7. The van der Waals surface area contributed by atoms with Gasteiger partial charge in [0.25, 0.3) is 5.91 Å². The van der Waals surface area contributed by atoms with Gasteiger partial charge >= 0.3 is 5.76 Å². The van der Waals surface area contributed by atoms with E-state index in [-0.39, 0.29) is 12.5 Å². The van der Waals surface area contributed by atoms with E-state index < -0.39 is 20.5 Å². The van der Waals surface area contributed by atoms with E-state index in [1.165, 1.54) is 23.5 Å². The summed E-state index contributed by atoms with van der Waals surface area (Å²) in [6.07, 6.45) is 0. The maximum absolute atomic E-state index is 12.6. The van der Waals surface area contributed by atoms with Crippen molar-refractivity contribution in [1.82, 2.24) is 10.7 Å². The molecule has 2 aromatic rings. The second-order valence-electron chi connectivity index (χ2n) is 6.18. The molecule has 0 unspecified atom stereocenters. The zero-order chi connectivity index (χ0) is 20.6. The Hall–Kier alpha value is -2.66. The topological polar surface area (TPSA) is 113 Å². The van der Waals surface area contributed by atoms with Crippen molar-refractivity contribution in [2.24, 2.45) is 0 Å². The van der Waals surface area contributed by atoms with Crippen LogP contribution in [0.25, 0.3) is 5.57 Å². The highest BCUT2D eigenvalue weighted by Crippen LogP contribution is 2.42.